The van der Waals surface area contributed by atoms with E-state index in [4.69, 9.17) is 16.6 Å². The quantitative estimate of drug-likeness (QED) is 0.799. The van der Waals surface area contributed by atoms with E-state index in [1.54, 1.807) is 6.26 Å². The number of hydrogen-bond donors (Lipinski definition) is 2. The summed E-state index contributed by atoms with van der Waals surface area (Å²) in [6.07, 6.45) is 2.73. The maximum absolute atomic E-state index is 5.49. The Labute approximate surface area is 137 Å². The number of furan rings is 1. The highest BCUT2D eigenvalue weighted by atomic mass is 32.1. The second-order valence-electron chi connectivity index (χ2n) is 5.38. The van der Waals surface area contributed by atoms with Crippen LogP contribution in [0.15, 0.2) is 47.1 Å². The first-order valence-corrected chi connectivity index (χ1v) is 7.84. The smallest absolute Gasteiger partial charge is 0.170 e. The number of likely N-dealkylation sites (N-methyl/N-ethyl adjacent to an activating group) is 1. The van der Waals surface area contributed by atoms with E-state index in [1.807, 2.05) is 38.4 Å². The number of thiocarbonyl (C=S) groups is 1. The predicted octanol–water partition coefficient (Wildman–Crippen LogP) is 3.43. The summed E-state index contributed by atoms with van der Waals surface area (Å²) in [5.74, 6) is 0.924. The highest BCUT2D eigenvalue weighted by Gasteiger charge is 2.16. The molecule has 1 aromatic carbocycles. The van der Waals surface area contributed by atoms with Gasteiger partial charge in [-0.15, -0.1) is 0 Å². The number of benzene rings is 1. The van der Waals surface area contributed by atoms with Crippen LogP contribution in [-0.2, 0) is 6.42 Å². The average molecular weight is 317 g/mol. The molecule has 4 nitrogen and oxygen atoms in total. The summed E-state index contributed by atoms with van der Waals surface area (Å²) in [6.45, 7) is 2.82. The molecule has 2 N–H and O–H groups in total. The number of nitrogens with one attached hydrogen (secondary N) is 2. The van der Waals surface area contributed by atoms with Crippen molar-refractivity contribution in [1.82, 2.24) is 10.2 Å². The summed E-state index contributed by atoms with van der Waals surface area (Å²) in [5, 5.41) is 7.07. The minimum absolute atomic E-state index is 0.136. The Bertz CT molecular complexity index is 578. The van der Waals surface area contributed by atoms with Gasteiger partial charge in [0.1, 0.15) is 5.76 Å². The molecule has 0 aliphatic carbocycles. The van der Waals surface area contributed by atoms with Crippen LogP contribution in [0.25, 0.3) is 0 Å². The van der Waals surface area contributed by atoms with E-state index in [2.05, 4.69) is 34.6 Å². The summed E-state index contributed by atoms with van der Waals surface area (Å²) in [5.41, 5.74) is 2.31. The molecule has 0 aliphatic rings. The molecule has 0 radical (unpaired) electrons. The van der Waals surface area contributed by atoms with Gasteiger partial charge in [0.05, 0.1) is 12.3 Å². The lowest BCUT2D eigenvalue weighted by Crippen LogP contribution is -2.36. The van der Waals surface area contributed by atoms with Crippen LogP contribution in [-0.4, -0.2) is 30.7 Å². The van der Waals surface area contributed by atoms with Gasteiger partial charge in [0.2, 0.25) is 0 Å². The van der Waals surface area contributed by atoms with Crippen molar-refractivity contribution >= 4 is 23.0 Å². The molecule has 0 unspecified atom stereocenters. The largest absolute Gasteiger partial charge is 0.468 e. The topological polar surface area (TPSA) is 40.4 Å². The fourth-order valence-corrected chi connectivity index (χ4v) is 2.41. The number of aryl methyl sites for hydroxylation is 1. The molecule has 0 bridgehead atoms. The highest BCUT2D eigenvalue weighted by molar-refractivity contribution is 7.80. The third-order valence-electron chi connectivity index (χ3n) is 3.57. The lowest BCUT2D eigenvalue weighted by atomic mass is 10.1. The molecule has 0 fully saturated rings. The molecular formula is C17H23N3OS. The molecular weight excluding hydrogens is 294 g/mol. The molecule has 22 heavy (non-hydrogen) atoms. The average Bonchev–Trinajstić information content (AvgIpc) is 3.02. The molecule has 1 heterocycles. The zero-order valence-electron chi connectivity index (χ0n) is 13.3. The van der Waals surface area contributed by atoms with E-state index >= 15 is 0 Å². The van der Waals surface area contributed by atoms with Gasteiger partial charge in [-0.3, -0.25) is 4.90 Å². The monoisotopic (exact) mass is 317 g/mol. The number of hydrogen-bond acceptors (Lipinski definition) is 3. The number of anilines is 1. The van der Waals surface area contributed by atoms with Crippen LogP contribution in [0.4, 0.5) is 5.69 Å². The summed E-state index contributed by atoms with van der Waals surface area (Å²) in [7, 11) is 4.05. The van der Waals surface area contributed by atoms with Gasteiger partial charge < -0.3 is 15.1 Å². The van der Waals surface area contributed by atoms with Gasteiger partial charge in [-0.1, -0.05) is 19.1 Å². The highest BCUT2D eigenvalue weighted by Crippen LogP contribution is 2.17. The first-order chi connectivity index (χ1) is 10.6. The van der Waals surface area contributed by atoms with E-state index in [0.29, 0.717) is 11.7 Å². The minimum atomic E-state index is 0.136. The Balaban J connectivity index is 1.88. The summed E-state index contributed by atoms with van der Waals surface area (Å²) in [6, 6.07) is 12.3. The Morgan fingerprint density at radius 3 is 2.50 bits per heavy atom. The summed E-state index contributed by atoms with van der Waals surface area (Å²) >= 11 is 5.36. The van der Waals surface area contributed by atoms with Crippen LogP contribution in [0, 0.1) is 0 Å². The Morgan fingerprint density at radius 2 is 1.95 bits per heavy atom. The molecule has 0 saturated heterocycles. The molecule has 0 aliphatic heterocycles. The molecule has 1 aromatic heterocycles. The maximum atomic E-state index is 5.49. The first kappa shape index (κ1) is 16.5. The Hall–Kier alpha value is -1.85. The zero-order chi connectivity index (χ0) is 15.9. The Morgan fingerprint density at radius 1 is 1.23 bits per heavy atom. The van der Waals surface area contributed by atoms with Gasteiger partial charge in [0.15, 0.2) is 5.11 Å². The molecule has 0 amide bonds. The van der Waals surface area contributed by atoms with Crippen molar-refractivity contribution in [1.29, 1.82) is 0 Å². The van der Waals surface area contributed by atoms with Gasteiger partial charge in [-0.05, 0) is 62.6 Å². The van der Waals surface area contributed by atoms with Gasteiger partial charge in [0.25, 0.3) is 0 Å². The lowest BCUT2D eigenvalue weighted by Gasteiger charge is -2.23. The van der Waals surface area contributed by atoms with Gasteiger partial charge in [0, 0.05) is 12.2 Å². The van der Waals surface area contributed by atoms with Gasteiger partial charge in [-0.25, -0.2) is 0 Å². The molecule has 5 heteroatoms. The SMILES string of the molecule is CCc1ccc(NC(=S)NC[C@@H](c2ccco2)N(C)C)cc1. The van der Waals surface area contributed by atoms with Crippen LogP contribution in [0.2, 0.25) is 0 Å². The van der Waals surface area contributed by atoms with Crippen molar-refractivity contribution in [3.05, 3.63) is 54.0 Å². The van der Waals surface area contributed by atoms with E-state index in [9.17, 15) is 0 Å². The van der Waals surface area contributed by atoms with E-state index in [0.717, 1.165) is 17.9 Å². The Kier molecular flexibility index (Phi) is 5.98. The van der Waals surface area contributed by atoms with Gasteiger partial charge in [-0.2, -0.15) is 0 Å². The second kappa shape index (κ2) is 7.96. The molecule has 2 rings (SSSR count). The minimum Gasteiger partial charge on any atom is -0.468 e. The lowest BCUT2D eigenvalue weighted by molar-refractivity contribution is 0.259. The predicted molar refractivity (Wildman–Crippen MR) is 95.2 cm³/mol. The zero-order valence-corrected chi connectivity index (χ0v) is 14.1. The van der Waals surface area contributed by atoms with Crippen molar-refractivity contribution < 1.29 is 4.42 Å². The molecule has 2 aromatic rings. The summed E-state index contributed by atoms with van der Waals surface area (Å²) in [4.78, 5) is 2.10. The fraction of sp³-hybridized carbons (Fsp3) is 0.353. The third kappa shape index (κ3) is 4.58. The van der Waals surface area contributed by atoms with Crippen LogP contribution < -0.4 is 10.6 Å². The van der Waals surface area contributed by atoms with Crippen LogP contribution in [0.3, 0.4) is 0 Å². The van der Waals surface area contributed by atoms with Crippen molar-refractivity contribution in [2.45, 2.75) is 19.4 Å². The molecule has 1 atom stereocenters. The van der Waals surface area contributed by atoms with E-state index in [-0.39, 0.29) is 6.04 Å². The van der Waals surface area contributed by atoms with Crippen LogP contribution in [0.1, 0.15) is 24.3 Å². The standard InChI is InChI=1S/C17H23N3OS/c1-4-13-7-9-14(10-8-13)19-17(22)18-12-15(20(2)3)16-6-5-11-21-16/h5-11,15H,4,12H2,1-3H3,(H2,18,19,22)/t15-/m0/s1. The first-order valence-electron chi connectivity index (χ1n) is 7.43. The van der Waals surface area contributed by atoms with Crippen molar-refractivity contribution in [2.75, 3.05) is 26.0 Å². The number of nitrogens with zero attached hydrogens (tertiary/aromatic N) is 1. The van der Waals surface area contributed by atoms with E-state index in [1.165, 1.54) is 5.56 Å². The van der Waals surface area contributed by atoms with Crippen LogP contribution in [0.5, 0.6) is 0 Å². The second-order valence-corrected chi connectivity index (χ2v) is 5.79. The van der Waals surface area contributed by atoms with Crippen molar-refractivity contribution in [3.8, 4) is 0 Å². The molecule has 118 valence electrons. The third-order valence-corrected chi connectivity index (χ3v) is 3.82. The fourth-order valence-electron chi connectivity index (χ4n) is 2.21. The van der Waals surface area contributed by atoms with E-state index < -0.39 is 0 Å². The maximum Gasteiger partial charge on any atom is 0.170 e. The number of rotatable bonds is 6. The van der Waals surface area contributed by atoms with Crippen molar-refractivity contribution in [2.24, 2.45) is 0 Å². The normalized spacial score (nSPS) is 12.2. The van der Waals surface area contributed by atoms with Crippen LogP contribution >= 0.6 is 12.2 Å². The molecule has 0 spiro atoms. The molecule has 0 saturated carbocycles. The summed E-state index contributed by atoms with van der Waals surface area (Å²) < 4.78 is 5.49. The van der Waals surface area contributed by atoms with Crippen molar-refractivity contribution in [3.63, 3.8) is 0 Å². The van der Waals surface area contributed by atoms with Gasteiger partial charge >= 0.3 is 0 Å².